The van der Waals surface area contributed by atoms with Crippen LogP contribution in [-0.4, -0.2) is 26.3 Å². The highest BCUT2D eigenvalue weighted by molar-refractivity contribution is 4.86. The molecule has 2 atom stereocenters. The van der Waals surface area contributed by atoms with Crippen LogP contribution in [0.15, 0.2) is 0 Å². The molecule has 0 aromatic carbocycles. The number of hydrogen-bond donors (Lipinski definition) is 1. The van der Waals surface area contributed by atoms with Crippen LogP contribution in [0.25, 0.3) is 0 Å². The number of rotatable bonds is 2. The summed E-state index contributed by atoms with van der Waals surface area (Å²) in [4.78, 5) is 0. The molecule has 0 aliphatic heterocycles. The molecule has 0 bridgehead atoms. The molecule has 48 valence electrons. The largest absolute Gasteiger partial charge is 0.380 e. The molecule has 1 aliphatic carbocycles. The topological polar surface area (TPSA) is 21.3 Å². The first-order valence-electron chi connectivity index (χ1n) is 3.08. The van der Waals surface area contributed by atoms with Crippen LogP contribution < -0.4 is 5.32 Å². The first kappa shape index (κ1) is 6.05. The third-order valence-corrected chi connectivity index (χ3v) is 1.88. The number of likely N-dealkylation sites (N-methyl/N-ethyl adjacent to an activating group) is 1. The summed E-state index contributed by atoms with van der Waals surface area (Å²) in [7, 11) is 3.75. The highest BCUT2D eigenvalue weighted by atomic mass is 16.5. The lowest BCUT2D eigenvalue weighted by Crippen LogP contribution is -2.47. The van der Waals surface area contributed by atoms with Gasteiger partial charge in [-0.2, -0.15) is 0 Å². The molecule has 1 saturated carbocycles. The number of nitrogens with one attached hydrogen (secondary N) is 1. The number of ether oxygens (including phenoxy) is 1. The molecule has 0 radical (unpaired) electrons. The SMILES string of the molecule is CN[C@H]1CC[C@H]1OC. The van der Waals surface area contributed by atoms with Crippen LogP contribution in [0.2, 0.25) is 0 Å². The van der Waals surface area contributed by atoms with Gasteiger partial charge in [-0.25, -0.2) is 0 Å². The lowest BCUT2D eigenvalue weighted by molar-refractivity contribution is 0.00957. The van der Waals surface area contributed by atoms with Gasteiger partial charge in [-0.05, 0) is 19.9 Å². The average Bonchev–Trinajstić information content (AvgIpc) is 1.66. The maximum Gasteiger partial charge on any atom is 0.0724 e. The van der Waals surface area contributed by atoms with Gasteiger partial charge < -0.3 is 10.1 Å². The minimum Gasteiger partial charge on any atom is -0.380 e. The normalized spacial score (nSPS) is 36.8. The van der Waals surface area contributed by atoms with Gasteiger partial charge in [-0.1, -0.05) is 0 Å². The Balaban J connectivity index is 2.16. The fourth-order valence-corrected chi connectivity index (χ4v) is 1.08. The van der Waals surface area contributed by atoms with E-state index in [1.54, 1.807) is 7.11 Å². The fraction of sp³-hybridized carbons (Fsp3) is 1.00. The van der Waals surface area contributed by atoms with Crippen molar-refractivity contribution in [3.8, 4) is 0 Å². The van der Waals surface area contributed by atoms with Crippen molar-refractivity contribution < 1.29 is 4.74 Å². The summed E-state index contributed by atoms with van der Waals surface area (Å²) in [6.07, 6.45) is 2.98. The molecule has 0 aromatic heterocycles. The van der Waals surface area contributed by atoms with Crippen LogP contribution >= 0.6 is 0 Å². The van der Waals surface area contributed by atoms with Gasteiger partial charge in [0.15, 0.2) is 0 Å². The van der Waals surface area contributed by atoms with E-state index >= 15 is 0 Å². The predicted octanol–water partition coefficient (Wildman–Crippen LogP) is 0.383. The second kappa shape index (κ2) is 2.46. The van der Waals surface area contributed by atoms with Crippen LogP contribution in [0.4, 0.5) is 0 Å². The molecule has 0 unspecified atom stereocenters. The molecule has 0 amide bonds. The Kier molecular flexibility index (Phi) is 1.86. The van der Waals surface area contributed by atoms with Crippen molar-refractivity contribution in [3.05, 3.63) is 0 Å². The van der Waals surface area contributed by atoms with Crippen molar-refractivity contribution in [2.45, 2.75) is 25.0 Å². The molecule has 8 heavy (non-hydrogen) atoms. The summed E-state index contributed by atoms with van der Waals surface area (Å²) in [5.41, 5.74) is 0. The molecular formula is C6H13NO. The van der Waals surface area contributed by atoms with Crippen molar-refractivity contribution in [1.29, 1.82) is 0 Å². The maximum atomic E-state index is 5.13. The monoisotopic (exact) mass is 115 g/mol. The Hall–Kier alpha value is -0.0800. The molecular weight excluding hydrogens is 102 g/mol. The van der Waals surface area contributed by atoms with Gasteiger partial charge in [0.25, 0.3) is 0 Å². The van der Waals surface area contributed by atoms with E-state index in [2.05, 4.69) is 5.32 Å². The van der Waals surface area contributed by atoms with Gasteiger partial charge in [0.1, 0.15) is 0 Å². The predicted molar refractivity (Wildman–Crippen MR) is 32.9 cm³/mol. The van der Waals surface area contributed by atoms with Crippen LogP contribution in [-0.2, 0) is 4.74 Å². The summed E-state index contributed by atoms with van der Waals surface area (Å²) in [5, 5.41) is 3.18. The third kappa shape index (κ3) is 0.858. The quantitative estimate of drug-likeness (QED) is 0.562. The lowest BCUT2D eigenvalue weighted by atomic mass is 9.89. The number of hydrogen-bond acceptors (Lipinski definition) is 2. The van der Waals surface area contributed by atoms with E-state index in [0.717, 1.165) is 0 Å². The zero-order valence-corrected chi connectivity index (χ0v) is 5.48. The highest BCUT2D eigenvalue weighted by Gasteiger charge is 2.28. The van der Waals surface area contributed by atoms with Crippen molar-refractivity contribution in [3.63, 3.8) is 0 Å². The van der Waals surface area contributed by atoms with E-state index in [1.807, 2.05) is 7.05 Å². The second-order valence-corrected chi connectivity index (χ2v) is 2.25. The maximum absolute atomic E-state index is 5.13. The van der Waals surface area contributed by atoms with E-state index in [9.17, 15) is 0 Å². The minimum absolute atomic E-state index is 0.486. The molecule has 0 heterocycles. The van der Waals surface area contributed by atoms with Crippen molar-refractivity contribution in [2.75, 3.05) is 14.2 Å². The molecule has 0 aromatic rings. The van der Waals surface area contributed by atoms with Gasteiger partial charge in [-0.3, -0.25) is 0 Å². The van der Waals surface area contributed by atoms with Crippen LogP contribution in [0, 0.1) is 0 Å². The summed E-state index contributed by atoms with van der Waals surface area (Å²) in [6.45, 7) is 0. The molecule has 1 rings (SSSR count). The van der Waals surface area contributed by atoms with Crippen LogP contribution in [0.1, 0.15) is 12.8 Å². The zero-order valence-electron chi connectivity index (χ0n) is 5.48. The summed E-state index contributed by atoms with van der Waals surface area (Å²) < 4.78 is 5.13. The molecule has 2 heteroatoms. The highest BCUT2D eigenvalue weighted by Crippen LogP contribution is 2.21. The Morgan fingerprint density at radius 1 is 1.50 bits per heavy atom. The van der Waals surface area contributed by atoms with E-state index in [0.29, 0.717) is 12.1 Å². The summed E-state index contributed by atoms with van der Waals surface area (Å²) >= 11 is 0. The van der Waals surface area contributed by atoms with Gasteiger partial charge in [0.2, 0.25) is 0 Å². The van der Waals surface area contributed by atoms with E-state index in [1.165, 1.54) is 12.8 Å². The zero-order chi connectivity index (χ0) is 5.98. The van der Waals surface area contributed by atoms with Crippen molar-refractivity contribution in [1.82, 2.24) is 5.32 Å². The minimum atomic E-state index is 0.486. The Labute approximate surface area is 50.2 Å². The molecule has 0 saturated heterocycles. The first-order valence-corrected chi connectivity index (χ1v) is 3.08. The molecule has 1 aliphatic rings. The van der Waals surface area contributed by atoms with Crippen molar-refractivity contribution in [2.24, 2.45) is 0 Å². The smallest absolute Gasteiger partial charge is 0.0724 e. The van der Waals surface area contributed by atoms with Gasteiger partial charge >= 0.3 is 0 Å². The van der Waals surface area contributed by atoms with E-state index in [-0.39, 0.29) is 0 Å². The number of methoxy groups -OCH3 is 1. The molecule has 1 N–H and O–H groups in total. The van der Waals surface area contributed by atoms with Crippen molar-refractivity contribution >= 4 is 0 Å². The molecule has 0 spiro atoms. The Morgan fingerprint density at radius 2 is 2.25 bits per heavy atom. The average molecular weight is 115 g/mol. The standard InChI is InChI=1S/C6H13NO/c1-7-5-3-4-6(5)8-2/h5-7H,3-4H2,1-2H3/t5-,6+/m0/s1. The van der Waals surface area contributed by atoms with Gasteiger partial charge in [-0.15, -0.1) is 0 Å². The Morgan fingerprint density at radius 3 is 2.38 bits per heavy atom. The summed E-state index contributed by atoms with van der Waals surface area (Å²) in [5.74, 6) is 0. The lowest BCUT2D eigenvalue weighted by Gasteiger charge is -2.34. The molecule has 1 fully saturated rings. The second-order valence-electron chi connectivity index (χ2n) is 2.25. The van der Waals surface area contributed by atoms with Gasteiger partial charge in [0, 0.05) is 13.2 Å². The van der Waals surface area contributed by atoms with E-state index in [4.69, 9.17) is 4.74 Å². The Bertz CT molecular complexity index is 60.9. The molecule has 2 nitrogen and oxygen atoms in total. The van der Waals surface area contributed by atoms with E-state index < -0.39 is 0 Å². The van der Waals surface area contributed by atoms with Crippen LogP contribution in [0.5, 0.6) is 0 Å². The first-order chi connectivity index (χ1) is 3.88. The summed E-state index contributed by atoms with van der Waals surface area (Å²) in [6, 6.07) is 0.625. The van der Waals surface area contributed by atoms with Crippen LogP contribution in [0.3, 0.4) is 0 Å². The van der Waals surface area contributed by atoms with Gasteiger partial charge in [0.05, 0.1) is 6.10 Å². The third-order valence-electron chi connectivity index (χ3n) is 1.88. The fourth-order valence-electron chi connectivity index (χ4n) is 1.08.